The first kappa shape index (κ1) is 15.3. The third-order valence-corrected chi connectivity index (χ3v) is 5.19. The molecule has 0 unspecified atom stereocenters. The van der Waals surface area contributed by atoms with Gasteiger partial charge in [0.25, 0.3) is 0 Å². The van der Waals surface area contributed by atoms with Gasteiger partial charge in [-0.2, -0.15) is 0 Å². The fourth-order valence-corrected chi connectivity index (χ4v) is 3.26. The van der Waals surface area contributed by atoms with Gasteiger partial charge in [-0.3, -0.25) is 0 Å². The van der Waals surface area contributed by atoms with Crippen molar-refractivity contribution in [3.05, 3.63) is 57.5 Å². The normalized spacial score (nSPS) is 11.5. The van der Waals surface area contributed by atoms with E-state index in [0.29, 0.717) is 15.1 Å². The fraction of sp³-hybridized carbons (Fsp3) is 0.0769. The third-order valence-electron chi connectivity index (χ3n) is 2.58. The highest BCUT2D eigenvalue weighted by Crippen LogP contribution is 2.25. The van der Waals surface area contributed by atoms with Crippen LogP contribution in [0.1, 0.15) is 5.56 Å². The average Bonchev–Trinajstić information content (AvgIpc) is 2.40. The van der Waals surface area contributed by atoms with E-state index in [1.165, 1.54) is 30.3 Å². The molecule has 0 aliphatic heterocycles. The Kier molecular flexibility index (Phi) is 4.70. The van der Waals surface area contributed by atoms with Gasteiger partial charge in [-0.1, -0.05) is 23.7 Å². The van der Waals surface area contributed by atoms with Crippen molar-refractivity contribution in [2.75, 3.05) is 0 Å². The van der Waals surface area contributed by atoms with Crippen LogP contribution in [0.4, 0.5) is 0 Å². The summed E-state index contributed by atoms with van der Waals surface area (Å²) in [7, 11) is -3.63. The number of benzene rings is 2. The zero-order valence-corrected chi connectivity index (χ0v) is 13.3. The molecule has 2 rings (SSSR count). The van der Waals surface area contributed by atoms with Crippen LogP contribution in [-0.2, 0) is 16.6 Å². The first-order chi connectivity index (χ1) is 9.38. The molecule has 7 heteroatoms. The van der Waals surface area contributed by atoms with Crippen molar-refractivity contribution in [2.45, 2.75) is 11.4 Å². The molecule has 0 amide bonds. The van der Waals surface area contributed by atoms with Crippen LogP contribution in [0, 0.1) is 0 Å². The molecule has 0 radical (unpaired) electrons. The quantitative estimate of drug-likeness (QED) is 0.860. The molecule has 106 valence electrons. The van der Waals surface area contributed by atoms with Crippen LogP contribution in [0.2, 0.25) is 5.02 Å². The molecule has 0 aromatic heterocycles. The van der Waals surface area contributed by atoms with Crippen molar-refractivity contribution >= 4 is 37.6 Å². The van der Waals surface area contributed by atoms with Gasteiger partial charge < -0.3 is 5.11 Å². The lowest BCUT2D eigenvalue weighted by molar-refractivity contribution is 0.474. The molecule has 0 saturated heterocycles. The van der Waals surface area contributed by atoms with Crippen LogP contribution in [0.5, 0.6) is 5.75 Å². The first-order valence-electron chi connectivity index (χ1n) is 5.61. The predicted molar refractivity (Wildman–Crippen MR) is 81.3 cm³/mol. The lowest BCUT2D eigenvalue weighted by atomic mass is 10.2. The summed E-state index contributed by atoms with van der Waals surface area (Å²) < 4.78 is 27.2. The minimum Gasteiger partial charge on any atom is -0.508 e. The van der Waals surface area contributed by atoms with Gasteiger partial charge in [0, 0.05) is 11.0 Å². The van der Waals surface area contributed by atoms with Crippen LogP contribution >= 0.6 is 27.5 Å². The second-order valence-corrected chi connectivity index (χ2v) is 7.10. The molecular formula is C13H11BrClNO3S. The zero-order chi connectivity index (χ0) is 14.8. The van der Waals surface area contributed by atoms with Crippen molar-refractivity contribution in [1.82, 2.24) is 4.72 Å². The van der Waals surface area contributed by atoms with Gasteiger partial charge >= 0.3 is 0 Å². The van der Waals surface area contributed by atoms with Crippen LogP contribution in [0.3, 0.4) is 0 Å². The maximum atomic E-state index is 12.1. The SMILES string of the molecule is O=S(=O)(NCc1cccc(O)c1)c1ccc(Cl)c(Br)c1. The van der Waals surface area contributed by atoms with Crippen molar-refractivity contribution in [2.24, 2.45) is 0 Å². The van der Waals surface area contributed by atoms with Gasteiger partial charge in [0.1, 0.15) is 5.75 Å². The van der Waals surface area contributed by atoms with Crippen LogP contribution in [0.15, 0.2) is 51.8 Å². The Morgan fingerprint density at radius 1 is 1.20 bits per heavy atom. The van der Waals surface area contributed by atoms with Crippen molar-refractivity contribution in [1.29, 1.82) is 0 Å². The topological polar surface area (TPSA) is 66.4 Å². The van der Waals surface area contributed by atoms with E-state index < -0.39 is 10.0 Å². The summed E-state index contributed by atoms with van der Waals surface area (Å²) in [5, 5.41) is 9.77. The van der Waals surface area contributed by atoms with Gasteiger partial charge in [-0.15, -0.1) is 0 Å². The Labute approximate surface area is 130 Å². The summed E-state index contributed by atoms with van der Waals surface area (Å²) in [4.78, 5) is 0.119. The summed E-state index contributed by atoms with van der Waals surface area (Å²) in [6, 6.07) is 10.8. The van der Waals surface area contributed by atoms with Gasteiger partial charge in [-0.25, -0.2) is 13.1 Å². The number of hydrogen-bond donors (Lipinski definition) is 2. The van der Waals surface area contributed by atoms with E-state index in [1.807, 2.05) is 0 Å². The molecule has 0 fully saturated rings. The summed E-state index contributed by atoms with van der Waals surface area (Å²) in [6.07, 6.45) is 0. The van der Waals surface area contributed by atoms with Crippen LogP contribution in [-0.4, -0.2) is 13.5 Å². The first-order valence-corrected chi connectivity index (χ1v) is 8.26. The number of nitrogens with one attached hydrogen (secondary N) is 1. The highest BCUT2D eigenvalue weighted by molar-refractivity contribution is 9.10. The minimum absolute atomic E-state index is 0.0935. The highest BCUT2D eigenvalue weighted by atomic mass is 79.9. The smallest absolute Gasteiger partial charge is 0.240 e. The Balaban J connectivity index is 2.17. The number of sulfonamides is 1. The summed E-state index contributed by atoms with van der Waals surface area (Å²) in [5.74, 6) is 0.0935. The molecule has 4 nitrogen and oxygen atoms in total. The highest BCUT2D eigenvalue weighted by Gasteiger charge is 2.15. The molecule has 0 bridgehead atoms. The second-order valence-electron chi connectivity index (χ2n) is 4.07. The minimum atomic E-state index is -3.63. The average molecular weight is 377 g/mol. The molecule has 0 heterocycles. The Hall–Kier alpha value is -1.08. The Morgan fingerprint density at radius 2 is 1.95 bits per heavy atom. The largest absolute Gasteiger partial charge is 0.508 e. The maximum Gasteiger partial charge on any atom is 0.240 e. The fourth-order valence-electron chi connectivity index (χ4n) is 1.57. The molecule has 2 aromatic rings. The van der Waals surface area contributed by atoms with Gasteiger partial charge in [0.05, 0.1) is 9.92 Å². The van der Waals surface area contributed by atoms with E-state index in [-0.39, 0.29) is 17.2 Å². The Bertz CT molecular complexity index is 734. The van der Waals surface area contributed by atoms with E-state index >= 15 is 0 Å². The molecule has 0 aliphatic carbocycles. The van der Waals surface area contributed by atoms with Gasteiger partial charge in [-0.05, 0) is 51.8 Å². The number of phenols is 1. The van der Waals surface area contributed by atoms with Gasteiger partial charge in [0.2, 0.25) is 10.0 Å². The van der Waals surface area contributed by atoms with Crippen molar-refractivity contribution in [3.8, 4) is 5.75 Å². The van der Waals surface area contributed by atoms with E-state index in [1.54, 1.807) is 12.1 Å². The van der Waals surface area contributed by atoms with Crippen LogP contribution < -0.4 is 4.72 Å². The van der Waals surface area contributed by atoms with Crippen molar-refractivity contribution in [3.63, 3.8) is 0 Å². The molecule has 0 spiro atoms. The lowest BCUT2D eigenvalue weighted by Crippen LogP contribution is -2.23. The van der Waals surface area contributed by atoms with Gasteiger partial charge in [0.15, 0.2) is 0 Å². The number of halogens is 2. The summed E-state index contributed by atoms with van der Waals surface area (Å²) in [6.45, 7) is 0.0942. The molecule has 0 atom stereocenters. The summed E-state index contributed by atoms with van der Waals surface area (Å²) >= 11 is 9.02. The van der Waals surface area contributed by atoms with Crippen molar-refractivity contribution < 1.29 is 13.5 Å². The standard InChI is InChI=1S/C13H11BrClNO3S/c14-12-7-11(4-5-13(12)15)20(18,19)16-8-9-2-1-3-10(17)6-9/h1-7,16-17H,8H2. The number of phenolic OH excluding ortho intramolecular Hbond substituents is 1. The molecule has 0 saturated carbocycles. The Morgan fingerprint density at radius 3 is 2.60 bits per heavy atom. The second kappa shape index (κ2) is 6.13. The number of aromatic hydroxyl groups is 1. The van der Waals surface area contributed by atoms with E-state index in [2.05, 4.69) is 20.7 Å². The van der Waals surface area contributed by atoms with E-state index in [0.717, 1.165) is 0 Å². The lowest BCUT2D eigenvalue weighted by Gasteiger charge is -2.08. The van der Waals surface area contributed by atoms with E-state index in [9.17, 15) is 13.5 Å². The molecule has 2 N–H and O–H groups in total. The third kappa shape index (κ3) is 3.73. The molecule has 0 aliphatic rings. The van der Waals surface area contributed by atoms with E-state index in [4.69, 9.17) is 11.6 Å². The summed E-state index contributed by atoms with van der Waals surface area (Å²) in [5.41, 5.74) is 0.668. The monoisotopic (exact) mass is 375 g/mol. The zero-order valence-electron chi connectivity index (χ0n) is 10.2. The molecule has 2 aromatic carbocycles. The maximum absolute atomic E-state index is 12.1. The van der Waals surface area contributed by atoms with Crippen LogP contribution in [0.25, 0.3) is 0 Å². The molecule has 20 heavy (non-hydrogen) atoms. The molecular weight excluding hydrogens is 366 g/mol. The number of hydrogen-bond acceptors (Lipinski definition) is 3. The number of rotatable bonds is 4. The predicted octanol–water partition coefficient (Wildman–Crippen LogP) is 3.29.